The van der Waals surface area contributed by atoms with Crippen LogP contribution in [0.2, 0.25) is 0 Å². The first-order valence-corrected chi connectivity index (χ1v) is 11.9. The molecule has 0 aliphatic carbocycles. The number of rotatable bonds is 16. The number of benzene rings is 1. The van der Waals surface area contributed by atoms with Crippen LogP contribution >= 0.6 is 0 Å². The maximum atomic E-state index is 12.2. The summed E-state index contributed by atoms with van der Waals surface area (Å²) < 4.78 is 0. The Morgan fingerprint density at radius 3 is 1.86 bits per heavy atom. The Bertz CT molecular complexity index is 602. The van der Waals surface area contributed by atoms with E-state index in [0.29, 0.717) is 5.57 Å². The number of aliphatic carboxylic acids is 1. The molecule has 1 aromatic rings. The third kappa shape index (κ3) is 9.65. The first-order valence-electron chi connectivity index (χ1n) is 11.9. The smallest absolute Gasteiger partial charge is 0.332 e. The first-order chi connectivity index (χ1) is 13.9. The van der Waals surface area contributed by atoms with Crippen LogP contribution in [-0.2, 0) is 11.2 Å². The van der Waals surface area contributed by atoms with Gasteiger partial charge in [0.1, 0.15) is 0 Å². The molecule has 2 nitrogen and oxygen atoms in total. The summed E-state index contributed by atoms with van der Waals surface area (Å²) >= 11 is 0. The predicted octanol–water partition coefficient (Wildman–Crippen LogP) is 8.36. The minimum atomic E-state index is -0.741. The second kappa shape index (κ2) is 14.4. The lowest BCUT2D eigenvalue weighted by molar-refractivity contribution is -0.134. The van der Waals surface area contributed by atoms with Gasteiger partial charge in [-0.1, -0.05) is 121 Å². The topological polar surface area (TPSA) is 37.3 Å². The summed E-state index contributed by atoms with van der Waals surface area (Å²) in [6, 6.07) is 10.4. The van der Waals surface area contributed by atoms with E-state index < -0.39 is 5.97 Å². The molecular weight excluding hydrogens is 356 g/mol. The summed E-state index contributed by atoms with van der Waals surface area (Å²) in [6.45, 7) is 8.47. The minimum Gasteiger partial charge on any atom is -0.478 e. The number of carboxylic acid groups (broad SMARTS) is 1. The molecule has 0 heterocycles. The average Bonchev–Trinajstić information content (AvgIpc) is 2.69. The van der Waals surface area contributed by atoms with Crippen molar-refractivity contribution in [3.8, 4) is 0 Å². The van der Waals surface area contributed by atoms with Gasteiger partial charge in [0, 0.05) is 11.0 Å². The van der Waals surface area contributed by atoms with Crippen molar-refractivity contribution < 1.29 is 9.90 Å². The van der Waals surface area contributed by atoms with Crippen molar-refractivity contribution in [1.29, 1.82) is 0 Å². The maximum Gasteiger partial charge on any atom is 0.332 e. The standard InChI is InChI=1S/C27H44O2/c1-5-7-8-9-10-11-12-13-14-18-21-27(4,22-24-19-16-15-17-20-24)25(26(28)29)23(3)6-2/h15-17,19-20H,5-14,18,21-22H2,1-4H3,(H,28,29). The van der Waals surface area contributed by atoms with Gasteiger partial charge in [0.15, 0.2) is 0 Å². The van der Waals surface area contributed by atoms with E-state index in [-0.39, 0.29) is 5.41 Å². The van der Waals surface area contributed by atoms with Gasteiger partial charge >= 0.3 is 5.97 Å². The molecule has 1 N–H and O–H groups in total. The molecule has 164 valence electrons. The zero-order chi connectivity index (χ0) is 21.5. The van der Waals surface area contributed by atoms with Gasteiger partial charge in [-0.15, -0.1) is 0 Å². The summed E-state index contributed by atoms with van der Waals surface area (Å²) in [5.41, 5.74) is 2.57. The molecule has 0 bridgehead atoms. The third-order valence-corrected chi connectivity index (χ3v) is 6.29. The third-order valence-electron chi connectivity index (χ3n) is 6.29. The van der Waals surface area contributed by atoms with Gasteiger partial charge < -0.3 is 5.11 Å². The van der Waals surface area contributed by atoms with Gasteiger partial charge in [0.25, 0.3) is 0 Å². The highest BCUT2D eigenvalue weighted by Gasteiger charge is 2.34. The number of hydrogen-bond donors (Lipinski definition) is 1. The molecule has 1 atom stereocenters. The minimum absolute atomic E-state index is 0.312. The largest absolute Gasteiger partial charge is 0.478 e. The van der Waals surface area contributed by atoms with Gasteiger partial charge in [-0.25, -0.2) is 4.79 Å². The van der Waals surface area contributed by atoms with E-state index >= 15 is 0 Å². The molecule has 0 radical (unpaired) electrons. The highest BCUT2D eigenvalue weighted by atomic mass is 16.4. The number of carboxylic acids is 1. The van der Waals surface area contributed by atoms with Crippen LogP contribution in [0.5, 0.6) is 0 Å². The number of allylic oxidation sites excluding steroid dienone is 1. The summed E-state index contributed by atoms with van der Waals surface area (Å²) in [7, 11) is 0. The predicted molar refractivity (Wildman–Crippen MR) is 125 cm³/mol. The molecule has 1 rings (SSSR count). The molecule has 0 spiro atoms. The van der Waals surface area contributed by atoms with Crippen molar-refractivity contribution in [3.63, 3.8) is 0 Å². The summed E-state index contributed by atoms with van der Waals surface area (Å²) in [4.78, 5) is 12.2. The number of unbranched alkanes of at least 4 members (excludes halogenated alkanes) is 9. The molecular formula is C27H44O2. The Balaban J connectivity index is 2.63. The molecule has 0 amide bonds. The van der Waals surface area contributed by atoms with Crippen molar-refractivity contribution in [2.24, 2.45) is 5.41 Å². The highest BCUT2D eigenvalue weighted by molar-refractivity contribution is 5.89. The van der Waals surface area contributed by atoms with Crippen LogP contribution in [0.4, 0.5) is 0 Å². The van der Waals surface area contributed by atoms with E-state index in [1.807, 2.05) is 25.1 Å². The molecule has 0 aliphatic heterocycles. The molecule has 29 heavy (non-hydrogen) atoms. The Morgan fingerprint density at radius 1 is 0.862 bits per heavy atom. The molecule has 1 unspecified atom stereocenters. The van der Waals surface area contributed by atoms with Gasteiger partial charge in [0.05, 0.1) is 0 Å². The van der Waals surface area contributed by atoms with Crippen LogP contribution in [0.1, 0.15) is 110 Å². The summed E-state index contributed by atoms with van der Waals surface area (Å²) in [5.74, 6) is -0.741. The SMILES string of the molecule is CCCCCCCCCCCCC(C)(Cc1ccccc1)C(C(=O)O)=C(C)CC. The molecule has 0 saturated heterocycles. The molecule has 1 aromatic carbocycles. The van der Waals surface area contributed by atoms with E-state index in [1.54, 1.807) is 0 Å². The zero-order valence-corrected chi connectivity index (χ0v) is 19.4. The second-order valence-electron chi connectivity index (χ2n) is 8.97. The highest BCUT2D eigenvalue weighted by Crippen LogP contribution is 2.39. The number of carbonyl (C=O) groups is 1. The maximum absolute atomic E-state index is 12.2. The van der Waals surface area contributed by atoms with Gasteiger partial charge in [-0.2, -0.15) is 0 Å². The normalized spacial score (nSPS) is 14.3. The molecule has 0 aromatic heterocycles. The lowest BCUT2D eigenvalue weighted by Crippen LogP contribution is -2.28. The molecule has 0 fully saturated rings. The van der Waals surface area contributed by atoms with Crippen molar-refractivity contribution in [1.82, 2.24) is 0 Å². The molecule has 0 saturated carbocycles. The quantitative estimate of drug-likeness (QED) is 0.223. The number of hydrogen-bond acceptors (Lipinski definition) is 1. The zero-order valence-electron chi connectivity index (χ0n) is 19.4. The average molecular weight is 401 g/mol. The van der Waals surface area contributed by atoms with Crippen molar-refractivity contribution >= 4 is 5.97 Å². The molecule has 0 aliphatic rings. The van der Waals surface area contributed by atoms with Crippen LogP contribution < -0.4 is 0 Å². The van der Waals surface area contributed by atoms with Crippen LogP contribution in [0.15, 0.2) is 41.5 Å². The Labute approximate surface area is 179 Å². The van der Waals surface area contributed by atoms with Gasteiger partial charge in [-0.3, -0.25) is 0 Å². The van der Waals surface area contributed by atoms with Crippen molar-refractivity contribution in [2.45, 2.75) is 111 Å². The van der Waals surface area contributed by atoms with E-state index in [0.717, 1.165) is 31.3 Å². The van der Waals surface area contributed by atoms with E-state index in [1.165, 1.54) is 63.4 Å². The molecule has 2 heteroatoms. The Hall–Kier alpha value is -1.57. The van der Waals surface area contributed by atoms with Gasteiger partial charge in [0.2, 0.25) is 0 Å². The van der Waals surface area contributed by atoms with E-state index in [4.69, 9.17) is 0 Å². The van der Waals surface area contributed by atoms with Crippen LogP contribution in [0, 0.1) is 5.41 Å². The Morgan fingerprint density at radius 2 is 1.38 bits per heavy atom. The van der Waals surface area contributed by atoms with Crippen LogP contribution in [-0.4, -0.2) is 11.1 Å². The summed E-state index contributed by atoms with van der Waals surface area (Å²) in [6.07, 6.45) is 15.6. The summed E-state index contributed by atoms with van der Waals surface area (Å²) in [5, 5.41) is 9.99. The van der Waals surface area contributed by atoms with E-state index in [2.05, 4.69) is 32.9 Å². The fourth-order valence-corrected chi connectivity index (χ4v) is 4.48. The van der Waals surface area contributed by atoms with Gasteiger partial charge in [-0.05, 0) is 31.7 Å². The monoisotopic (exact) mass is 400 g/mol. The van der Waals surface area contributed by atoms with Crippen molar-refractivity contribution in [3.05, 3.63) is 47.0 Å². The van der Waals surface area contributed by atoms with Crippen molar-refractivity contribution in [2.75, 3.05) is 0 Å². The Kier molecular flexibility index (Phi) is 12.7. The lowest BCUT2D eigenvalue weighted by Gasteiger charge is -2.32. The van der Waals surface area contributed by atoms with E-state index in [9.17, 15) is 9.90 Å². The van der Waals surface area contributed by atoms with Crippen LogP contribution in [0.25, 0.3) is 0 Å². The second-order valence-corrected chi connectivity index (χ2v) is 8.97. The van der Waals surface area contributed by atoms with Crippen LogP contribution in [0.3, 0.4) is 0 Å². The fraction of sp³-hybridized carbons (Fsp3) is 0.667. The lowest BCUT2D eigenvalue weighted by atomic mass is 9.71. The first kappa shape index (κ1) is 25.5. The fourth-order valence-electron chi connectivity index (χ4n) is 4.48.